The van der Waals surface area contributed by atoms with E-state index in [0.29, 0.717) is 17.0 Å². The molecule has 178 valence electrons. The predicted molar refractivity (Wildman–Crippen MR) is 115 cm³/mol. The molecule has 9 heteroatoms. The zero-order chi connectivity index (χ0) is 24.1. The molecule has 0 spiro atoms. The van der Waals surface area contributed by atoms with Crippen molar-refractivity contribution < 1.29 is 37.1 Å². The Kier molecular flexibility index (Phi) is 6.90. The van der Waals surface area contributed by atoms with Gasteiger partial charge >= 0.3 is 12.3 Å². The highest BCUT2D eigenvalue weighted by Crippen LogP contribution is 2.37. The summed E-state index contributed by atoms with van der Waals surface area (Å²) in [6.07, 6.45) is 1.61. The molecule has 1 heterocycles. The first-order valence-corrected chi connectivity index (χ1v) is 10.7. The molecule has 0 saturated carbocycles. The Morgan fingerprint density at radius 1 is 1.12 bits per heavy atom. The van der Waals surface area contributed by atoms with Crippen molar-refractivity contribution in [1.82, 2.24) is 5.16 Å². The summed E-state index contributed by atoms with van der Waals surface area (Å²) in [4.78, 5) is 11.3. The molecular weight excluding hydrogens is 451 g/mol. The lowest BCUT2D eigenvalue weighted by Crippen LogP contribution is -2.19. The van der Waals surface area contributed by atoms with Crippen molar-refractivity contribution in [1.29, 1.82) is 0 Å². The van der Waals surface area contributed by atoms with Gasteiger partial charge in [0.2, 0.25) is 0 Å². The molecule has 6 nitrogen and oxygen atoms in total. The van der Waals surface area contributed by atoms with Crippen LogP contribution in [0.4, 0.5) is 13.2 Å². The molecule has 2 unspecified atom stereocenters. The zero-order valence-electron chi connectivity index (χ0n) is 17.9. The minimum atomic E-state index is -4.78. The minimum absolute atomic E-state index is 0.0179. The largest absolute Gasteiger partial charge is 0.573 e. The number of aromatic nitrogens is 1. The molecule has 1 aliphatic rings. The van der Waals surface area contributed by atoms with Crippen molar-refractivity contribution in [3.8, 4) is 11.5 Å². The van der Waals surface area contributed by atoms with Crippen LogP contribution < -0.4 is 9.47 Å². The Bertz CT molecular complexity index is 1130. The number of rotatable bonds is 9. The predicted octanol–water partition coefficient (Wildman–Crippen LogP) is 6.27. The molecule has 34 heavy (non-hydrogen) atoms. The number of alkyl halides is 3. The lowest BCUT2D eigenvalue weighted by Gasteiger charge is -2.25. The number of halogens is 3. The van der Waals surface area contributed by atoms with Gasteiger partial charge in [0, 0.05) is 17.9 Å². The number of carboxylic acid groups (broad SMARTS) is 1. The van der Waals surface area contributed by atoms with E-state index in [0.717, 1.165) is 18.4 Å². The van der Waals surface area contributed by atoms with Crippen molar-refractivity contribution in [2.45, 2.75) is 37.6 Å². The van der Waals surface area contributed by atoms with Gasteiger partial charge < -0.3 is 19.1 Å². The fourth-order valence-electron chi connectivity index (χ4n) is 4.09. The van der Waals surface area contributed by atoms with E-state index in [1.54, 1.807) is 36.4 Å². The van der Waals surface area contributed by atoms with Crippen LogP contribution in [0.15, 0.2) is 77.5 Å². The lowest BCUT2D eigenvalue weighted by molar-refractivity contribution is -0.274. The Morgan fingerprint density at radius 2 is 1.91 bits per heavy atom. The standard InChI is InChI=1S/C25H22F3NO5/c26-25(27,28)34-20-7-3-6-18(14-20)24(17-4-1-2-5-17)33-19-10-8-16(9-11-19)21(15-23(30)31)22-12-13-32-29-22/h1,3-4,6-14,17,21,24H,2,5,15H2,(H,30,31)/t17?,21?,24-/m0/s1. The average Bonchev–Trinajstić information content (AvgIpc) is 3.50. The Hall–Kier alpha value is -3.75. The van der Waals surface area contributed by atoms with E-state index >= 15 is 0 Å². The summed E-state index contributed by atoms with van der Waals surface area (Å²) >= 11 is 0. The van der Waals surface area contributed by atoms with E-state index in [1.165, 1.54) is 24.5 Å². The minimum Gasteiger partial charge on any atom is -0.485 e. The van der Waals surface area contributed by atoms with Gasteiger partial charge in [-0.15, -0.1) is 13.2 Å². The first-order chi connectivity index (χ1) is 16.3. The first kappa shape index (κ1) is 23.4. The van der Waals surface area contributed by atoms with Crippen LogP contribution in [-0.2, 0) is 4.79 Å². The quantitative estimate of drug-likeness (QED) is 0.369. The van der Waals surface area contributed by atoms with Crippen molar-refractivity contribution in [2.24, 2.45) is 5.92 Å². The van der Waals surface area contributed by atoms with E-state index in [-0.39, 0.29) is 18.1 Å². The molecule has 1 aromatic heterocycles. The highest BCUT2D eigenvalue weighted by molar-refractivity contribution is 5.68. The van der Waals surface area contributed by atoms with Crippen molar-refractivity contribution in [2.75, 3.05) is 0 Å². The van der Waals surface area contributed by atoms with Crippen LogP contribution in [0.1, 0.15) is 48.1 Å². The Labute approximate surface area is 193 Å². The molecule has 0 radical (unpaired) electrons. The summed E-state index contributed by atoms with van der Waals surface area (Å²) in [5, 5.41) is 13.2. The van der Waals surface area contributed by atoms with Crippen LogP contribution >= 0.6 is 0 Å². The SMILES string of the molecule is O=C(O)CC(c1ccc(O[C@H](c2cccc(OC(F)(F)F)c2)C2C=CCC2)cc1)c1ccon1. The van der Waals surface area contributed by atoms with Gasteiger partial charge in [-0.05, 0) is 48.2 Å². The first-order valence-electron chi connectivity index (χ1n) is 10.7. The van der Waals surface area contributed by atoms with Gasteiger partial charge in [-0.25, -0.2) is 0 Å². The van der Waals surface area contributed by atoms with Gasteiger partial charge in [0.25, 0.3) is 0 Å². The molecule has 2 aromatic carbocycles. The second-order valence-corrected chi connectivity index (χ2v) is 7.97. The molecule has 4 rings (SSSR count). The maximum Gasteiger partial charge on any atom is 0.573 e. The average molecular weight is 473 g/mol. The number of hydrogen-bond donors (Lipinski definition) is 1. The number of carbonyl (C=O) groups is 1. The number of ether oxygens (including phenoxy) is 2. The number of benzene rings is 2. The molecular formula is C25H22F3NO5. The van der Waals surface area contributed by atoms with Crippen LogP contribution in [0.2, 0.25) is 0 Å². The van der Waals surface area contributed by atoms with Gasteiger partial charge in [0.15, 0.2) is 0 Å². The smallest absolute Gasteiger partial charge is 0.485 e. The van der Waals surface area contributed by atoms with Crippen LogP contribution in [0, 0.1) is 5.92 Å². The van der Waals surface area contributed by atoms with Crippen molar-refractivity contribution >= 4 is 5.97 Å². The van der Waals surface area contributed by atoms with E-state index in [2.05, 4.69) is 9.89 Å². The summed E-state index contributed by atoms with van der Waals surface area (Å²) in [7, 11) is 0. The normalized spacial score (nSPS) is 17.3. The van der Waals surface area contributed by atoms with Crippen LogP contribution in [0.25, 0.3) is 0 Å². The second-order valence-electron chi connectivity index (χ2n) is 7.97. The fraction of sp³-hybridized carbons (Fsp3) is 0.280. The monoisotopic (exact) mass is 473 g/mol. The lowest BCUT2D eigenvalue weighted by atomic mass is 9.92. The molecule has 0 saturated heterocycles. The number of hydrogen-bond acceptors (Lipinski definition) is 5. The topological polar surface area (TPSA) is 81.8 Å². The van der Waals surface area contributed by atoms with E-state index in [4.69, 9.17) is 9.26 Å². The third kappa shape index (κ3) is 5.98. The zero-order valence-corrected chi connectivity index (χ0v) is 17.9. The highest BCUT2D eigenvalue weighted by Gasteiger charge is 2.32. The third-order valence-electron chi connectivity index (χ3n) is 5.60. The van der Waals surface area contributed by atoms with E-state index in [1.807, 2.05) is 12.2 Å². The molecule has 3 aromatic rings. The summed E-state index contributed by atoms with van der Waals surface area (Å²) < 4.78 is 53.3. The van der Waals surface area contributed by atoms with Gasteiger partial charge in [-0.1, -0.05) is 41.6 Å². The Balaban J connectivity index is 1.57. The summed E-state index contributed by atoms with van der Waals surface area (Å²) in [5.74, 6) is -1.28. The molecule has 3 atom stereocenters. The second kappa shape index (κ2) is 10.0. The third-order valence-corrected chi connectivity index (χ3v) is 5.60. The summed E-state index contributed by atoms with van der Waals surface area (Å²) in [5.41, 5.74) is 1.79. The molecule has 0 bridgehead atoms. The van der Waals surface area contributed by atoms with Crippen molar-refractivity contribution in [3.63, 3.8) is 0 Å². The molecule has 0 fully saturated rings. The molecule has 1 aliphatic carbocycles. The fourth-order valence-corrected chi connectivity index (χ4v) is 4.09. The van der Waals surface area contributed by atoms with E-state index < -0.39 is 24.4 Å². The van der Waals surface area contributed by atoms with Gasteiger partial charge in [-0.2, -0.15) is 0 Å². The molecule has 1 N–H and O–H groups in total. The molecule has 0 amide bonds. The van der Waals surface area contributed by atoms with Crippen LogP contribution in [0.5, 0.6) is 11.5 Å². The van der Waals surface area contributed by atoms with Gasteiger partial charge in [-0.3, -0.25) is 4.79 Å². The Morgan fingerprint density at radius 3 is 2.53 bits per heavy atom. The van der Waals surface area contributed by atoms with Crippen LogP contribution in [0.3, 0.4) is 0 Å². The number of carboxylic acids is 1. The van der Waals surface area contributed by atoms with Gasteiger partial charge in [0.1, 0.15) is 23.9 Å². The summed E-state index contributed by atoms with van der Waals surface area (Å²) in [6, 6.07) is 14.4. The number of aliphatic carboxylic acids is 1. The summed E-state index contributed by atoms with van der Waals surface area (Å²) in [6.45, 7) is 0. The maximum atomic E-state index is 12.7. The molecule has 0 aliphatic heterocycles. The number of nitrogens with zero attached hydrogens (tertiary/aromatic N) is 1. The maximum absolute atomic E-state index is 12.7. The highest BCUT2D eigenvalue weighted by atomic mass is 19.4. The van der Waals surface area contributed by atoms with Crippen LogP contribution in [-0.4, -0.2) is 22.6 Å². The van der Waals surface area contributed by atoms with E-state index in [9.17, 15) is 23.1 Å². The number of allylic oxidation sites excluding steroid dienone is 1. The van der Waals surface area contributed by atoms with Crippen molar-refractivity contribution in [3.05, 3.63) is 89.8 Å². The van der Waals surface area contributed by atoms with Gasteiger partial charge in [0.05, 0.1) is 12.1 Å².